The van der Waals surface area contributed by atoms with Crippen molar-refractivity contribution in [2.24, 2.45) is 0 Å². The number of rotatable bonds is 7. The number of fused-ring (bicyclic) bond motifs is 1. The summed E-state index contributed by atoms with van der Waals surface area (Å²) < 4.78 is 27.6. The minimum Gasteiger partial charge on any atom is -0.508 e. The van der Waals surface area contributed by atoms with Gasteiger partial charge in [0.25, 0.3) is 0 Å². The number of phenols is 5. The molecule has 0 bridgehead atoms. The van der Waals surface area contributed by atoms with Crippen LogP contribution in [0.3, 0.4) is 0 Å². The summed E-state index contributed by atoms with van der Waals surface area (Å²) in [6, 6.07) is 3.51. The average molecular weight is 643 g/mol. The lowest BCUT2D eigenvalue weighted by Gasteiger charge is -2.45. The number of aliphatic hydroxyl groups is 7. The van der Waals surface area contributed by atoms with E-state index in [1.807, 2.05) is 0 Å². The van der Waals surface area contributed by atoms with Gasteiger partial charge in [-0.1, -0.05) is 0 Å². The molecule has 3 heterocycles. The van der Waals surface area contributed by atoms with E-state index in [4.69, 9.17) is 23.4 Å². The molecular formula is C27H30O18. The van der Waals surface area contributed by atoms with Crippen molar-refractivity contribution in [3.8, 4) is 45.8 Å². The van der Waals surface area contributed by atoms with Crippen LogP contribution in [-0.2, 0) is 14.2 Å². The van der Waals surface area contributed by atoms with Crippen molar-refractivity contribution in [3.63, 3.8) is 0 Å². The Bertz CT molecular complexity index is 1580. The molecule has 12 N–H and O–H groups in total. The summed E-state index contributed by atoms with van der Waals surface area (Å²) in [5.41, 5.74) is -1.80. The molecule has 1 aromatic heterocycles. The van der Waals surface area contributed by atoms with Crippen molar-refractivity contribution >= 4 is 11.0 Å². The molecule has 1 unspecified atom stereocenters. The highest BCUT2D eigenvalue weighted by Crippen LogP contribution is 2.43. The first-order valence-electron chi connectivity index (χ1n) is 13.3. The lowest BCUT2D eigenvalue weighted by atomic mass is 9.97. The van der Waals surface area contributed by atoms with Crippen LogP contribution in [0.25, 0.3) is 22.3 Å². The van der Waals surface area contributed by atoms with E-state index in [1.165, 1.54) is 0 Å². The molecule has 0 amide bonds. The van der Waals surface area contributed by atoms with Crippen LogP contribution >= 0.6 is 0 Å². The molecule has 246 valence electrons. The van der Waals surface area contributed by atoms with Gasteiger partial charge in [0, 0.05) is 17.7 Å². The van der Waals surface area contributed by atoms with E-state index < -0.39 is 131 Å². The minimum atomic E-state index is -2.10. The van der Waals surface area contributed by atoms with Crippen LogP contribution in [0.1, 0.15) is 0 Å². The predicted molar refractivity (Wildman–Crippen MR) is 143 cm³/mol. The van der Waals surface area contributed by atoms with Gasteiger partial charge >= 0.3 is 0 Å². The molecule has 18 nitrogen and oxygen atoms in total. The molecule has 2 aliphatic heterocycles. The molecule has 18 heteroatoms. The molecule has 5 rings (SSSR count). The molecule has 2 saturated heterocycles. The van der Waals surface area contributed by atoms with Crippen molar-refractivity contribution in [3.05, 3.63) is 34.5 Å². The van der Waals surface area contributed by atoms with Gasteiger partial charge in [0.05, 0.1) is 13.2 Å². The Kier molecular flexibility index (Phi) is 8.97. The molecular weight excluding hydrogens is 612 g/mol. The van der Waals surface area contributed by atoms with Crippen LogP contribution in [0.15, 0.2) is 33.5 Å². The lowest BCUT2D eigenvalue weighted by Crippen LogP contribution is -2.65. The Balaban J connectivity index is 1.51. The van der Waals surface area contributed by atoms with Crippen LogP contribution in [0.4, 0.5) is 0 Å². The Morgan fingerprint density at radius 3 is 1.91 bits per heavy atom. The van der Waals surface area contributed by atoms with Gasteiger partial charge in [-0.25, -0.2) is 0 Å². The number of aliphatic hydroxyl groups excluding tert-OH is 7. The van der Waals surface area contributed by atoms with Crippen molar-refractivity contribution in [2.45, 2.75) is 61.4 Å². The average Bonchev–Trinajstić information content (AvgIpc) is 2.99. The number of hydrogen-bond donors (Lipinski definition) is 12. The second-order valence-electron chi connectivity index (χ2n) is 10.4. The highest BCUT2D eigenvalue weighted by molar-refractivity contribution is 5.88. The van der Waals surface area contributed by atoms with Gasteiger partial charge in [0.1, 0.15) is 71.3 Å². The number of ether oxygens (including phenoxy) is 4. The van der Waals surface area contributed by atoms with E-state index in [9.17, 15) is 66.1 Å². The minimum absolute atomic E-state index is 0.284. The summed E-state index contributed by atoms with van der Waals surface area (Å²) in [6.45, 7) is -1.72. The third-order valence-electron chi connectivity index (χ3n) is 7.44. The van der Waals surface area contributed by atoms with Gasteiger partial charge in [0.2, 0.25) is 17.5 Å². The number of hydrogen-bond acceptors (Lipinski definition) is 18. The summed E-state index contributed by atoms with van der Waals surface area (Å²) in [5.74, 6) is -5.28. The highest BCUT2D eigenvalue weighted by atomic mass is 16.7. The van der Waals surface area contributed by atoms with Crippen LogP contribution in [-0.4, -0.2) is 136 Å². The van der Waals surface area contributed by atoms with Gasteiger partial charge in [-0.05, 0) is 12.1 Å². The Labute approximate surface area is 250 Å². The first-order valence-corrected chi connectivity index (χ1v) is 13.3. The van der Waals surface area contributed by atoms with Gasteiger partial charge in [-0.15, -0.1) is 0 Å². The molecule has 2 aromatic carbocycles. The zero-order valence-electron chi connectivity index (χ0n) is 22.8. The van der Waals surface area contributed by atoms with Crippen LogP contribution in [0, 0.1) is 0 Å². The quantitative estimate of drug-likeness (QED) is 0.114. The Morgan fingerprint density at radius 2 is 1.29 bits per heavy atom. The topological polar surface area (TPSA) is 310 Å². The van der Waals surface area contributed by atoms with E-state index in [1.54, 1.807) is 0 Å². The third kappa shape index (κ3) is 5.79. The Morgan fingerprint density at radius 1 is 0.689 bits per heavy atom. The second-order valence-corrected chi connectivity index (χ2v) is 10.4. The molecule has 0 radical (unpaired) electrons. The van der Waals surface area contributed by atoms with E-state index in [2.05, 4.69) is 0 Å². The molecule has 2 fully saturated rings. The normalized spacial score (nSPS) is 32.1. The summed E-state index contributed by atoms with van der Waals surface area (Å²) in [5, 5.41) is 121. The van der Waals surface area contributed by atoms with E-state index >= 15 is 0 Å². The SMILES string of the molecule is O=c1c(O[C@@H]2O[C@H](CO)[C@@H](OC3O[C@@H](CO)[C@@H](O)[C@@H](O)[C@@H]3O)[C@H](O)[C@H]2O)c(-c2cc(O)c(O)c(O)c2)oc2cc(O)cc(O)c12. The van der Waals surface area contributed by atoms with E-state index in [-0.39, 0.29) is 5.56 Å². The summed E-state index contributed by atoms with van der Waals surface area (Å²) in [4.78, 5) is 13.6. The molecule has 0 aliphatic carbocycles. The van der Waals surface area contributed by atoms with Crippen molar-refractivity contribution < 1.29 is 84.6 Å². The lowest BCUT2D eigenvalue weighted by molar-refractivity contribution is -0.352. The van der Waals surface area contributed by atoms with Gasteiger partial charge in [-0.3, -0.25) is 4.79 Å². The fourth-order valence-corrected chi connectivity index (χ4v) is 5.07. The zero-order chi connectivity index (χ0) is 32.9. The van der Waals surface area contributed by atoms with E-state index in [0.29, 0.717) is 0 Å². The maximum absolute atomic E-state index is 13.6. The highest BCUT2D eigenvalue weighted by Gasteiger charge is 2.51. The standard InChI is InChI=1S/C27H30O18/c28-5-13-17(35)19(37)21(39)26(42-13)44-24-14(6-29)43-27(22(40)20(24)38)45-25-18(36)15-9(31)3-8(30)4-12(15)41-23(25)7-1-10(32)16(34)11(33)2-7/h1-4,13-14,17,19-22,24,26-35,37-40H,5-6H2/t13-,14+,17+,19+,20+,21-,22+,24+,26?,27-/m0/s1. The largest absolute Gasteiger partial charge is 0.508 e. The summed E-state index contributed by atoms with van der Waals surface area (Å²) in [6.07, 6.45) is -18.0. The van der Waals surface area contributed by atoms with Crippen LogP contribution < -0.4 is 10.2 Å². The smallest absolute Gasteiger partial charge is 0.239 e. The predicted octanol–water partition coefficient (Wildman–Crippen LogP) is -3.01. The number of benzene rings is 2. The summed E-state index contributed by atoms with van der Waals surface area (Å²) >= 11 is 0. The zero-order valence-corrected chi connectivity index (χ0v) is 22.8. The first kappa shape index (κ1) is 32.4. The van der Waals surface area contributed by atoms with Crippen molar-refractivity contribution in [2.75, 3.05) is 13.2 Å². The van der Waals surface area contributed by atoms with E-state index in [0.717, 1.165) is 24.3 Å². The first-order chi connectivity index (χ1) is 21.3. The fraction of sp³-hybridized carbons (Fsp3) is 0.444. The molecule has 10 atom stereocenters. The fourth-order valence-electron chi connectivity index (χ4n) is 5.07. The molecule has 0 saturated carbocycles. The number of phenolic OH excluding ortho intramolecular Hbond substituents is 5. The maximum atomic E-state index is 13.6. The Hall–Kier alpha value is -3.95. The maximum Gasteiger partial charge on any atom is 0.239 e. The molecule has 2 aliphatic rings. The van der Waals surface area contributed by atoms with Gasteiger partial charge < -0.3 is 84.6 Å². The van der Waals surface area contributed by atoms with Crippen molar-refractivity contribution in [1.82, 2.24) is 0 Å². The molecule has 3 aromatic rings. The molecule has 45 heavy (non-hydrogen) atoms. The summed E-state index contributed by atoms with van der Waals surface area (Å²) in [7, 11) is 0. The van der Waals surface area contributed by atoms with Crippen LogP contribution in [0.2, 0.25) is 0 Å². The number of aromatic hydroxyl groups is 5. The monoisotopic (exact) mass is 642 g/mol. The second kappa shape index (κ2) is 12.4. The van der Waals surface area contributed by atoms with Crippen molar-refractivity contribution in [1.29, 1.82) is 0 Å². The molecule has 0 spiro atoms. The van der Waals surface area contributed by atoms with Crippen LogP contribution in [0.5, 0.6) is 34.5 Å². The van der Waals surface area contributed by atoms with Gasteiger partial charge in [-0.2, -0.15) is 0 Å². The third-order valence-corrected chi connectivity index (χ3v) is 7.44. The van der Waals surface area contributed by atoms with Gasteiger partial charge in [0.15, 0.2) is 29.3 Å².